The molecule has 0 radical (unpaired) electrons. The fraction of sp³-hybridized carbons (Fsp3) is 0.600. The standard InChI is InChI=1S/C20H27NO5/c1-21(14-18(22)23)12-11-17(13-21)26-19(24)20(25,16-9-5-6-10-16)15-7-3-2-4-8-15/h2-4,7-8,16-17,25H,5-6,9-14H2,1H3/t17-,20-,21+/m1/s1. The van der Waals surface area contributed by atoms with E-state index >= 15 is 0 Å². The van der Waals surface area contributed by atoms with E-state index < -0.39 is 17.5 Å². The number of quaternary nitrogens is 1. The van der Waals surface area contributed by atoms with Crippen molar-refractivity contribution in [1.29, 1.82) is 0 Å². The average molecular weight is 361 g/mol. The molecule has 3 rings (SSSR count). The van der Waals surface area contributed by atoms with Crippen molar-refractivity contribution in [3.63, 3.8) is 0 Å². The number of carbonyl (C=O) groups excluding carboxylic acids is 2. The number of aliphatic carboxylic acids is 1. The first kappa shape index (κ1) is 18.9. The molecule has 0 bridgehead atoms. The van der Waals surface area contributed by atoms with E-state index in [1.807, 2.05) is 25.2 Å². The molecule has 0 aromatic heterocycles. The number of carboxylic acids is 1. The molecule has 26 heavy (non-hydrogen) atoms. The Morgan fingerprint density at radius 2 is 1.88 bits per heavy atom. The predicted octanol–water partition coefficient (Wildman–Crippen LogP) is 0.576. The van der Waals surface area contributed by atoms with Crippen LogP contribution in [0.5, 0.6) is 0 Å². The van der Waals surface area contributed by atoms with Crippen LogP contribution in [0.3, 0.4) is 0 Å². The first-order valence-electron chi connectivity index (χ1n) is 9.36. The quantitative estimate of drug-likeness (QED) is 0.592. The van der Waals surface area contributed by atoms with Crippen molar-refractivity contribution >= 4 is 11.9 Å². The van der Waals surface area contributed by atoms with Gasteiger partial charge in [0, 0.05) is 12.3 Å². The van der Waals surface area contributed by atoms with Gasteiger partial charge in [0.15, 0.2) is 11.7 Å². The molecule has 1 aliphatic heterocycles. The second-order valence-electron chi connectivity index (χ2n) is 7.99. The summed E-state index contributed by atoms with van der Waals surface area (Å²) in [6.45, 7) is 0.938. The number of likely N-dealkylation sites (tertiary alicyclic amines) is 1. The van der Waals surface area contributed by atoms with Gasteiger partial charge in [0.05, 0.1) is 19.6 Å². The van der Waals surface area contributed by atoms with Crippen LogP contribution < -0.4 is 5.11 Å². The van der Waals surface area contributed by atoms with Gasteiger partial charge in [-0.3, -0.25) is 0 Å². The third-order valence-corrected chi connectivity index (χ3v) is 5.89. The molecule has 1 aromatic rings. The summed E-state index contributed by atoms with van der Waals surface area (Å²) in [5, 5.41) is 22.3. The maximum Gasteiger partial charge on any atom is 0.343 e. The highest BCUT2D eigenvalue weighted by Gasteiger charge is 2.49. The third-order valence-electron chi connectivity index (χ3n) is 5.89. The summed E-state index contributed by atoms with van der Waals surface area (Å²) in [6.07, 6.45) is 3.79. The summed E-state index contributed by atoms with van der Waals surface area (Å²) in [4.78, 5) is 24.0. The highest BCUT2D eigenvalue weighted by Crippen LogP contribution is 2.42. The van der Waals surface area contributed by atoms with E-state index in [0.717, 1.165) is 25.7 Å². The van der Waals surface area contributed by atoms with Crippen LogP contribution in [0.2, 0.25) is 0 Å². The molecule has 2 aliphatic rings. The van der Waals surface area contributed by atoms with Crippen LogP contribution in [0, 0.1) is 5.92 Å². The number of carboxylic acid groups (broad SMARTS) is 1. The number of benzene rings is 1. The van der Waals surface area contributed by atoms with Gasteiger partial charge in [-0.25, -0.2) is 4.79 Å². The fourth-order valence-electron chi connectivity index (χ4n) is 4.48. The predicted molar refractivity (Wildman–Crippen MR) is 92.6 cm³/mol. The largest absolute Gasteiger partial charge is 0.544 e. The number of nitrogens with zero attached hydrogens (tertiary/aromatic N) is 1. The van der Waals surface area contributed by atoms with Crippen molar-refractivity contribution < 1.29 is 29.0 Å². The molecule has 0 unspecified atom stereocenters. The Balaban J connectivity index is 1.76. The van der Waals surface area contributed by atoms with Crippen molar-refractivity contribution in [3.8, 4) is 0 Å². The molecule has 1 N–H and O–H groups in total. The minimum absolute atomic E-state index is 0.0976. The molecule has 1 heterocycles. The first-order valence-corrected chi connectivity index (χ1v) is 9.36. The topological polar surface area (TPSA) is 86.7 Å². The second kappa shape index (κ2) is 7.37. The van der Waals surface area contributed by atoms with Crippen molar-refractivity contribution in [1.82, 2.24) is 0 Å². The molecule has 0 amide bonds. The molecule has 3 atom stereocenters. The van der Waals surface area contributed by atoms with E-state index in [1.54, 1.807) is 12.1 Å². The summed E-state index contributed by atoms with van der Waals surface area (Å²) < 4.78 is 5.99. The van der Waals surface area contributed by atoms with Crippen LogP contribution in [-0.2, 0) is 19.9 Å². The molecule has 0 spiro atoms. The molecular weight excluding hydrogens is 334 g/mol. The Morgan fingerprint density at radius 1 is 1.23 bits per heavy atom. The summed E-state index contributed by atoms with van der Waals surface area (Å²) in [6, 6.07) is 9.01. The van der Waals surface area contributed by atoms with Crippen LogP contribution in [0.1, 0.15) is 37.7 Å². The lowest BCUT2D eigenvalue weighted by atomic mass is 9.80. The van der Waals surface area contributed by atoms with Crippen LogP contribution in [0.15, 0.2) is 30.3 Å². The van der Waals surface area contributed by atoms with Gasteiger partial charge in [-0.2, -0.15) is 0 Å². The zero-order chi connectivity index (χ0) is 18.8. The summed E-state index contributed by atoms with van der Waals surface area (Å²) >= 11 is 0. The van der Waals surface area contributed by atoms with E-state index in [-0.39, 0.29) is 23.0 Å². The van der Waals surface area contributed by atoms with Crippen LogP contribution in [0.25, 0.3) is 0 Å². The maximum absolute atomic E-state index is 13.0. The van der Waals surface area contributed by atoms with Crippen molar-refractivity contribution in [2.45, 2.75) is 43.8 Å². The third kappa shape index (κ3) is 3.76. The first-order chi connectivity index (χ1) is 12.3. The van der Waals surface area contributed by atoms with Gasteiger partial charge in [-0.05, 0) is 18.4 Å². The van der Waals surface area contributed by atoms with Crippen molar-refractivity contribution in [2.24, 2.45) is 5.92 Å². The molecular formula is C20H27NO5. The average Bonchev–Trinajstić information content (AvgIpc) is 3.25. The lowest BCUT2D eigenvalue weighted by molar-refractivity contribution is -0.893. The summed E-state index contributed by atoms with van der Waals surface area (Å²) in [5.41, 5.74) is -1.07. The second-order valence-corrected chi connectivity index (χ2v) is 7.99. The number of carbonyl (C=O) groups is 2. The molecule has 2 fully saturated rings. The molecule has 1 aliphatic carbocycles. The number of likely N-dealkylation sites (N-methyl/N-ethyl adjacent to an activating group) is 1. The minimum atomic E-state index is -1.64. The molecule has 6 heteroatoms. The van der Waals surface area contributed by atoms with E-state index in [4.69, 9.17) is 4.74 Å². The van der Waals surface area contributed by atoms with Crippen molar-refractivity contribution in [2.75, 3.05) is 26.7 Å². The molecule has 1 aromatic carbocycles. The number of rotatable bonds is 6. The Bertz CT molecular complexity index is 657. The van der Waals surface area contributed by atoms with Gasteiger partial charge < -0.3 is 24.2 Å². The zero-order valence-electron chi connectivity index (χ0n) is 15.2. The van der Waals surface area contributed by atoms with E-state index in [0.29, 0.717) is 25.1 Å². The SMILES string of the molecule is C[N@+]1(CC(=O)[O-])CC[C@@H](OC(=O)[C@@](O)(c2ccccc2)C2CCCC2)C1. The Morgan fingerprint density at radius 3 is 2.50 bits per heavy atom. The smallest absolute Gasteiger partial charge is 0.343 e. The van der Waals surface area contributed by atoms with Gasteiger partial charge >= 0.3 is 5.97 Å². The Hall–Kier alpha value is -1.92. The number of aliphatic hydroxyl groups is 1. The lowest BCUT2D eigenvalue weighted by Gasteiger charge is -2.33. The summed E-state index contributed by atoms with van der Waals surface area (Å²) in [5.74, 6) is -1.86. The van der Waals surface area contributed by atoms with E-state index in [1.165, 1.54) is 0 Å². The van der Waals surface area contributed by atoms with Gasteiger partial charge in [0.2, 0.25) is 0 Å². The molecule has 1 saturated heterocycles. The minimum Gasteiger partial charge on any atom is -0.544 e. The van der Waals surface area contributed by atoms with Gasteiger partial charge in [-0.15, -0.1) is 0 Å². The highest BCUT2D eigenvalue weighted by molar-refractivity contribution is 5.81. The normalized spacial score (nSPS) is 28.6. The highest BCUT2D eigenvalue weighted by atomic mass is 16.6. The number of esters is 1. The van der Waals surface area contributed by atoms with Gasteiger partial charge in [-0.1, -0.05) is 43.2 Å². The van der Waals surface area contributed by atoms with Crippen molar-refractivity contribution in [3.05, 3.63) is 35.9 Å². The lowest BCUT2D eigenvalue weighted by Crippen LogP contribution is -2.51. The zero-order valence-corrected chi connectivity index (χ0v) is 15.2. The van der Waals surface area contributed by atoms with E-state index in [2.05, 4.69) is 0 Å². The fourth-order valence-corrected chi connectivity index (χ4v) is 4.48. The van der Waals surface area contributed by atoms with Crippen LogP contribution >= 0.6 is 0 Å². The number of hydrogen-bond donors (Lipinski definition) is 1. The maximum atomic E-state index is 13.0. The summed E-state index contributed by atoms with van der Waals surface area (Å²) in [7, 11) is 1.82. The number of ether oxygens (including phenoxy) is 1. The van der Waals surface area contributed by atoms with E-state index in [9.17, 15) is 19.8 Å². The van der Waals surface area contributed by atoms with Gasteiger partial charge in [0.1, 0.15) is 13.1 Å². The Labute approximate surface area is 154 Å². The molecule has 1 saturated carbocycles. The van der Waals surface area contributed by atoms with Crippen LogP contribution in [0.4, 0.5) is 0 Å². The Kier molecular flexibility index (Phi) is 5.34. The monoisotopic (exact) mass is 361 g/mol. The molecule has 6 nitrogen and oxygen atoms in total. The van der Waals surface area contributed by atoms with Crippen LogP contribution in [-0.4, -0.2) is 54.3 Å². The number of hydrogen-bond acceptors (Lipinski definition) is 5. The van der Waals surface area contributed by atoms with Gasteiger partial charge in [0.25, 0.3) is 0 Å². The molecule has 142 valence electrons.